The topological polar surface area (TPSA) is 46.6 Å². The summed E-state index contributed by atoms with van der Waals surface area (Å²) in [4.78, 5) is 0.407. The molecular formula is C20H25NO3S. The van der Waals surface area contributed by atoms with Crippen LogP contribution in [-0.4, -0.2) is 31.9 Å². The fourth-order valence-corrected chi connectivity index (χ4v) is 4.90. The van der Waals surface area contributed by atoms with Crippen molar-refractivity contribution in [3.8, 4) is 5.75 Å². The molecule has 1 saturated heterocycles. The van der Waals surface area contributed by atoms with Crippen molar-refractivity contribution in [1.29, 1.82) is 0 Å². The van der Waals surface area contributed by atoms with Crippen LogP contribution in [0.2, 0.25) is 0 Å². The third kappa shape index (κ3) is 4.05. The number of ether oxygens (including phenoxy) is 1. The Balaban J connectivity index is 1.64. The molecule has 0 saturated carbocycles. The molecule has 0 unspecified atom stereocenters. The van der Waals surface area contributed by atoms with Crippen molar-refractivity contribution in [3.63, 3.8) is 0 Å². The maximum Gasteiger partial charge on any atom is 0.243 e. The number of rotatable bonds is 5. The Bertz CT molecular complexity index is 824. The first-order chi connectivity index (χ1) is 12.0. The summed E-state index contributed by atoms with van der Waals surface area (Å²) in [5, 5.41) is 0. The van der Waals surface area contributed by atoms with Gasteiger partial charge in [-0.1, -0.05) is 37.3 Å². The molecule has 0 bridgehead atoms. The molecule has 0 N–H and O–H groups in total. The zero-order valence-corrected chi connectivity index (χ0v) is 15.6. The lowest BCUT2D eigenvalue weighted by molar-refractivity contribution is 0.135. The van der Waals surface area contributed by atoms with Gasteiger partial charge in [-0.25, -0.2) is 8.42 Å². The number of aryl methyl sites for hydroxylation is 2. The van der Waals surface area contributed by atoms with E-state index in [1.54, 1.807) is 16.4 Å². The van der Waals surface area contributed by atoms with Crippen molar-refractivity contribution in [2.24, 2.45) is 0 Å². The minimum absolute atomic E-state index is 0.0652. The predicted molar refractivity (Wildman–Crippen MR) is 99.4 cm³/mol. The second-order valence-electron chi connectivity index (χ2n) is 6.49. The Morgan fingerprint density at radius 2 is 1.80 bits per heavy atom. The minimum atomic E-state index is -3.42. The van der Waals surface area contributed by atoms with Gasteiger partial charge >= 0.3 is 0 Å². The zero-order valence-electron chi connectivity index (χ0n) is 14.8. The van der Waals surface area contributed by atoms with Crippen LogP contribution in [0.15, 0.2) is 53.4 Å². The number of benzene rings is 2. The average molecular weight is 359 g/mol. The van der Waals surface area contributed by atoms with Crippen molar-refractivity contribution in [2.45, 2.75) is 44.1 Å². The molecule has 0 aliphatic carbocycles. The SMILES string of the molecule is CCc1cccc(OC2CCN(S(=O)(=O)c3ccccc3C)CC2)c1. The summed E-state index contributed by atoms with van der Waals surface area (Å²) in [7, 11) is -3.42. The summed E-state index contributed by atoms with van der Waals surface area (Å²) in [5.41, 5.74) is 2.04. The molecule has 0 amide bonds. The Labute approximate surface area is 150 Å². The van der Waals surface area contributed by atoms with E-state index < -0.39 is 10.0 Å². The number of piperidine rings is 1. The molecule has 0 atom stereocenters. The Kier molecular flexibility index (Phi) is 5.45. The van der Waals surface area contributed by atoms with Crippen LogP contribution in [0, 0.1) is 6.92 Å². The Hall–Kier alpha value is -1.85. The highest BCUT2D eigenvalue weighted by Crippen LogP contribution is 2.25. The first kappa shape index (κ1) is 18.0. The van der Waals surface area contributed by atoms with Crippen LogP contribution >= 0.6 is 0 Å². The minimum Gasteiger partial charge on any atom is -0.490 e. The van der Waals surface area contributed by atoms with Gasteiger partial charge in [0.05, 0.1) is 4.90 Å². The molecule has 1 heterocycles. The normalized spacial score (nSPS) is 16.7. The lowest BCUT2D eigenvalue weighted by Gasteiger charge is -2.31. The van der Waals surface area contributed by atoms with Gasteiger partial charge in [0.2, 0.25) is 10.0 Å². The summed E-state index contributed by atoms with van der Waals surface area (Å²) >= 11 is 0. The smallest absolute Gasteiger partial charge is 0.243 e. The van der Waals surface area contributed by atoms with E-state index in [0.717, 1.165) is 17.7 Å². The highest BCUT2D eigenvalue weighted by molar-refractivity contribution is 7.89. The number of hydrogen-bond acceptors (Lipinski definition) is 3. The van der Waals surface area contributed by atoms with Gasteiger partial charge < -0.3 is 4.74 Å². The van der Waals surface area contributed by atoms with E-state index >= 15 is 0 Å². The molecule has 0 radical (unpaired) electrons. The van der Waals surface area contributed by atoms with E-state index in [1.165, 1.54) is 5.56 Å². The quantitative estimate of drug-likeness (QED) is 0.816. The molecule has 2 aromatic carbocycles. The van der Waals surface area contributed by atoms with Crippen molar-refractivity contribution in [1.82, 2.24) is 4.31 Å². The molecule has 0 spiro atoms. The molecule has 2 aromatic rings. The monoisotopic (exact) mass is 359 g/mol. The maximum atomic E-state index is 12.8. The summed E-state index contributed by atoms with van der Waals surface area (Å²) in [6.07, 6.45) is 2.46. The van der Waals surface area contributed by atoms with Crippen molar-refractivity contribution < 1.29 is 13.2 Å². The van der Waals surface area contributed by atoms with E-state index in [2.05, 4.69) is 19.1 Å². The summed E-state index contributed by atoms with van der Waals surface area (Å²) in [6.45, 7) is 4.95. The van der Waals surface area contributed by atoms with Crippen LogP contribution in [0.4, 0.5) is 0 Å². The summed E-state index contributed by atoms with van der Waals surface area (Å²) in [5.74, 6) is 0.875. The predicted octanol–water partition coefficient (Wildman–Crippen LogP) is 3.79. The van der Waals surface area contributed by atoms with Crippen molar-refractivity contribution in [3.05, 3.63) is 59.7 Å². The van der Waals surface area contributed by atoms with Gasteiger partial charge in [0.1, 0.15) is 11.9 Å². The molecule has 1 fully saturated rings. The maximum absolute atomic E-state index is 12.8. The van der Waals surface area contributed by atoms with Gasteiger partial charge in [-0.05, 0) is 55.5 Å². The first-order valence-corrected chi connectivity index (χ1v) is 10.3. The lowest BCUT2D eigenvalue weighted by atomic mass is 10.1. The fourth-order valence-electron chi connectivity index (χ4n) is 3.21. The van der Waals surface area contributed by atoms with E-state index in [9.17, 15) is 8.42 Å². The average Bonchev–Trinajstić information content (AvgIpc) is 2.62. The molecule has 1 aliphatic heterocycles. The van der Waals surface area contributed by atoms with Crippen LogP contribution in [-0.2, 0) is 16.4 Å². The van der Waals surface area contributed by atoms with Crippen LogP contribution in [0.1, 0.15) is 30.9 Å². The standard InChI is InChI=1S/C20H25NO3S/c1-3-17-8-6-9-19(15-17)24-18-11-13-21(14-12-18)25(22,23)20-10-5-4-7-16(20)2/h4-10,15,18H,3,11-14H2,1-2H3. The zero-order chi connectivity index (χ0) is 17.9. The second-order valence-corrected chi connectivity index (χ2v) is 8.39. The third-order valence-electron chi connectivity index (χ3n) is 4.72. The van der Waals surface area contributed by atoms with Gasteiger partial charge in [0, 0.05) is 13.1 Å². The van der Waals surface area contributed by atoms with Gasteiger partial charge in [0.25, 0.3) is 0 Å². The van der Waals surface area contributed by atoms with Crippen LogP contribution < -0.4 is 4.74 Å². The molecule has 1 aliphatic rings. The molecule has 0 aromatic heterocycles. The molecule has 25 heavy (non-hydrogen) atoms. The van der Waals surface area contributed by atoms with Crippen LogP contribution in [0.25, 0.3) is 0 Å². The Morgan fingerprint density at radius 1 is 1.08 bits per heavy atom. The Morgan fingerprint density at radius 3 is 2.48 bits per heavy atom. The number of hydrogen-bond donors (Lipinski definition) is 0. The molecule has 134 valence electrons. The molecule has 4 nitrogen and oxygen atoms in total. The van der Waals surface area contributed by atoms with Crippen LogP contribution in [0.5, 0.6) is 5.75 Å². The summed E-state index contributed by atoms with van der Waals surface area (Å²) in [6, 6.07) is 15.3. The number of nitrogens with zero attached hydrogens (tertiary/aromatic N) is 1. The van der Waals surface area contributed by atoms with E-state index in [4.69, 9.17) is 4.74 Å². The highest BCUT2D eigenvalue weighted by atomic mass is 32.2. The van der Waals surface area contributed by atoms with Crippen molar-refractivity contribution in [2.75, 3.05) is 13.1 Å². The van der Waals surface area contributed by atoms with Crippen molar-refractivity contribution >= 4 is 10.0 Å². The van der Waals surface area contributed by atoms with Gasteiger partial charge in [-0.15, -0.1) is 0 Å². The lowest BCUT2D eigenvalue weighted by Crippen LogP contribution is -2.41. The van der Waals surface area contributed by atoms with Gasteiger partial charge in [-0.3, -0.25) is 0 Å². The van der Waals surface area contributed by atoms with E-state index in [0.29, 0.717) is 30.8 Å². The van der Waals surface area contributed by atoms with E-state index in [1.807, 2.05) is 31.2 Å². The van der Waals surface area contributed by atoms with E-state index in [-0.39, 0.29) is 6.10 Å². The summed E-state index contributed by atoms with van der Waals surface area (Å²) < 4.78 is 33.3. The second kappa shape index (κ2) is 7.58. The van der Waals surface area contributed by atoms with Crippen LogP contribution in [0.3, 0.4) is 0 Å². The highest BCUT2D eigenvalue weighted by Gasteiger charge is 2.30. The largest absolute Gasteiger partial charge is 0.490 e. The third-order valence-corrected chi connectivity index (χ3v) is 6.78. The fraction of sp³-hybridized carbons (Fsp3) is 0.400. The first-order valence-electron chi connectivity index (χ1n) is 8.82. The molecule has 5 heteroatoms. The molecule has 3 rings (SSSR count). The molecular weight excluding hydrogens is 334 g/mol. The van der Waals surface area contributed by atoms with Gasteiger partial charge in [-0.2, -0.15) is 4.31 Å². The van der Waals surface area contributed by atoms with Gasteiger partial charge in [0.15, 0.2) is 0 Å². The number of sulfonamides is 1.